The van der Waals surface area contributed by atoms with Gasteiger partial charge in [-0.1, -0.05) is 27.7 Å². The molecule has 0 saturated carbocycles. The summed E-state index contributed by atoms with van der Waals surface area (Å²) in [6.45, 7) is 11.1. The highest BCUT2D eigenvalue weighted by molar-refractivity contribution is 6.67. The summed E-state index contributed by atoms with van der Waals surface area (Å²) < 4.78 is 23.3. The van der Waals surface area contributed by atoms with Crippen molar-refractivity contribution in [2.75, 3.05) is 26.9 Å². The van der Waals surface area contributed by atoms with Gasteiger partial charge in [0.05, 0.1) is 18.8 Å². The van der Waals surface area contributed by atoms with E-state index in [2.05, 4.69) is 27.7 Å². The van der Waals surface area contributed by atoms with Crippen LogP contribution in [-0.4, -0.2) is 47.2 Å². The predicted octanol–water partition coefficient (Wildman–Crippen LogP) is 3.50. The van der Waals surface area contributed by atoms with Crippen LogP contribution >= 0.6 is 0 Å². The van der Waals surface area contributed by atoms with Gasteiger partial charge in [0.15, 0.2) is 0 Å². The standard InChI is InChI=1S/C15H32O4Si/c1-6-15(7-2,8-3)19-20(9-4,16-5)11-10-17-12-14-13-18-14/h14H,6-13H2,1-5H3. The first-order chi connectivity index (χ1) is 9.59. The zero-order chi connectivity index (χ0) is 15.1. The van der Waals surface area contributed by atoms with Crippen LogP contribution in [0, 0.1) is 0 Å². The average Bonchev–Trinajstić information content (AvgIpc) is 3.32. The van der Waals surface area contributed by atoms with Crippen molar-refractivity contribution in [2.45, 2.75) is 70.8 Å². The van der Waals surface area contributed by atoms with Crippen LogP contribution < -0.4 is 0 Å². The summed E-state index contributed by atoms with van der Waals surface area (Å²) in [5.41, 5.74) is -0.0299. The molecule has 0 aromatic rings. The minimum absolute atomic E-state index is 0.0299. The molecule has 0 aromatic carbocycles. The lowest BCUT2D eigenvalue weighted by molar-refractivity contribution is 0.0109. The Balaban J connectivity index is 2.53. The fourth-order valence-corrected chi connectivity index (χ4v) is 5.41. The summed E-state index contributed by atoms with van der Waals surface area (Å²) in [5, 5.41) is 0. The topological polar surface area (TPSA) is 40.2 Å². The third-order valence-corrected chi connectivity index (χ3v) is 8.17. The van der Waals surface area contributed by atoms with Gasteiger partial charge >= 0.3 is 8.56 Å². The Hall–Kier alpha value is 0.0569. The molecule has 1 aliphatic rings. The molecule has 1 fully saturated rings. The van der Waals surface area contributed by atoms with E-state index in [1.54, 1.807) is 7.11 Å². The summed E-state index contributed by atoms with van der Waals surface area (Å²) in [6, 6.07) is 1.86. The summed E-state index contributed by atoms with van der Waals surface area (Å²) in [6.07, 6.45) is 3.44. The molecular weight excluding hydrogens is 272 g/mol. The molecule has 0 N–H and O–H groups in total. The van der Waals surface area contributed by atoms with Crippen molar-refractivity contribution in [1.82, 2.24) is 0 Å². The molecule has 20 heavy (non-hydrogen) atoms. The SMILES string of the molecule is CCC(CC)(CC)O[Si](CC)(CCOCC1CO1)OC. The predicted molar refractivity (Wildman–Crippen MR) is 83.3 cm³/mol. The fraction of sp³-hybridized carbons (Fsp3) is 1.00. The minimum Gasteiger partial charge on any atom is -0.398 e. The van der Waals surface area contributed by atoms with E-state index >= 15 is 0 Å². The molecule has 0 radical (unpaired) electrons. The van der Waals surface area contributed by atoms with Crippen LogP contribution in [0.5, 0.6) is 0 Å². The molecule has 1 aliphatic heterocycles. The second-order valence-corrected chi connectivity index (χ2v) is 9.24. The summed E-state index contributed by atoms with van der Waals surface area (Å²) in [4.78, 5) is 0. The van der Waals surface area contributed by atoms with Crippen LogP contribution in [-0.2, 0) is 18.3 Å². The van der Waals surface area contributed by atoms with E-state index in [9.17, 15) is 0 Å². The monoisotopic (exact) mass is 304 g/mol. The molecule has 2 unspecified atom stereocenters. The molecule has 0 spiro atoms. The summed E-state index contributed by atoms with van der Waals surface area (Å²) >= 11 is 0. The first-order valence-electron chi connectivity index (χ1n) is 8.04. The molecule has 4 nitrogen and oxygen atoms in total. The van der Waals surface area contributed by atoms with Gasteiger partial charge in [-0.2, -0.15) is 0 Å². The van der Waals surface area contributed by atoms with Gasteiger partial charge in [0.25, 0.3) is 0 Å². The Bertz CT molecular complexity index is 252. The zero-order valence-corrected chi connectivity index (χ0v) is 14.9. The van der Waals surface area contributed by atoms with Crippen molar-refractivity contribution < 1.29 is 18.3 Å². The highest BCUT2D eigenvalue weighted by Gasteiger charge is 2.41. The van der Waals surface area contributed by atoms with E-state index in [1.165, 1.54) is 0 Å². The first kappa shape index (κ1) is 18.1. The fourth-order valence-electron chi connectivity index (χ4n) is 2.56. The van der Waals surface area contributed by atoms with Gasteiger partial charge in [-0.25, -0.2) is 0 Å². The number of epoxide rings is 1. The van der Waals surface area contributed by atoms with Gasteiger partial charge in [0.2, 0.25) is 0 Å². The third-order valence-electron chi connectivity index (χ3n) is 4.58. The maximum absolute atomic E-state index is 6.60. The van der Waals surface area contributed by atoms with Gasteiger partial charge in [0.1, 0.15) is 6.10 Å². The van der Waals surface area contributed by atoms with Crippen LogP contribution in [0.25, 0.3) is 0 Å². The Morgan fingerprint density at radius 1 is 1.15 bits per heavy atom. The first-order valence-corrected chi connectivity index (χ1v) is 10.3. The van der Waals surface area contributed by atoms with Crippen molar-refractivity contribution in [3.63, 3.8) is 0 Å². The van der Waals surface area contributed by atoms with E-state index in [-0.39, 0.29) is 5.60 Å². The van der Waals surface area contributed by atoms with E-state index in [1.807, 2.05) is 0 Å². The number of rotatable bonds is 12. The largest absolute Gasteiger partial charge is 0.398 e. The molecule has 5 heteroatoms. The zero-order valence-electron chi connectivity index (χ0n) is 13.9. The van der Waals surface area contributed by atoms with E-state index in [0.717, 1.165) is 38.0 Å². The molecule has 1 heterocycles. The Kier molecular flexibility index (Phi) is 7.68. The molecule has 0 aromatic heterocycles. The molecule has 0 amide bonds. The molecular formula is C15H32O4Si. The van der Waals surface area contributed by atoms with Crippen molar-refractivity contribution in [3.8, 4) is 0 Å². The van der Waals surface area contributed by atoms with E-state index < -0.39 is 8.56 Å². The lowest BCUT2D eigenvalue weighted by Gasteiger charge is -2.40. The third kappa shape index (κ3) is 5.11. The van der Waals surface area contributed by atoms with Gasteiger partial charge in [-0.05, 0) is 25.3 Å². The number of hydrogen-bond acceptors (Lipinski definition) is 4. The van der Waals surface area contributed by atoms with Crippen molar-refractivity contribution in [3.05, 3.63) is 0 Å². The van der Waals surface area contributed by atoms with Crippen molar-refractivity contribution in [2.24, 2.45) is 0 Å². The summed E-state index contributed by atoms with van der Waals surface area (Å²) in [7, 11) is -0.362. The van der Waals surface area contributed by atoms with Gasteiger partial charge < -0.3 is 18.3 Å². The number of hydrogen-bond donors (Lipinski definition) is 0. The second kappa shape index (κ2) is 8.49. The molecule has 2 atom stereocenters. The maximum Gasteiger partial charge on any atom is 0.340 e. The smallest absolute Gasteiger partial charge is 0.340 e. The Labute approximate surface area is 125 Å². The van der Waals surface area contributed by atoms with E-state index in [0.29, 0.717) is 19.3 Å². The average molecular weight is 305 g/mol. The normalized spacial score (nSPS) is 21.8. The van der Waals surface area contributed by atoms with Crippen LogP contribution in [0.3, 0.4) is 0 Å². The lowest BCUT2D eigenvalue weighted by Crippen LogP contribution is -2.50. The van der Waals surface area contributed by atoms with E-state index in [4.69, 9.17) is 18.3 Å². The second-order valence-electron chi connectivity index (χ2n) is 5.59. The minimum atomic E-state index is -2.16. The molecule has 0 aliphatic carbocycles. The Morgan fingerprint density at radius 2 is 1.75 bits per heavy atom. The number of ether oxygens (including phenoxy) is 2. The van der Waals surface area contributed by atoms with Crippen molar-refractivity contribution in [1.29, 1.82) is 0 Å². The van der Waals surface area contributed by atoms with Gasteiger partial charge in [-0.3, -0.25) is 0 Å². The molecule has 1 saturated heterocycles. The van der Waals surface area contributed by atoms with Crippen LogP contribution in [0.2, 0.25) is 12.1 Å². The van der Waals surface area contributed by atoms with Gasteiger partial charge in [0, 0.05) is 19.8 Å². The molecule has 120 valence electrons. The maximum atomic E-state index is 6.60. The molecule has 0 bridgehead atoms. The van der Waals surface area contributed by atoms with Crippen LogP contribution in [0.1, 0.15) is 47.0 Å². The van der Waals surface area contributed by atoms with Crippen LogP contribution in [0.15, 0.2) is 0 Å². The van der Waals surface area contributed by atoms with Crippen LogP contribution in [0.4, 0.5) is 0 Å². The lowest BCUT2D eigenvalue weighted by atomic mass is 9.95. The quantitative estimate of drug-likeness (QED) is 0.314. The highest BCUT2D eigenvalue weighted by atomic mass is 28.4. The van der Waals surface area contributed by atoms with Gasteiger partial charge in [-0.15, -0.1) is 0 Å². The summed E-state index contributed by atoms with van der Waals surface area (Å²) in [5.74, 6) is 0. The highest BCUT2D eigenvalue weighted by Crippen LogP contribution is 2.32. The molecule has 1 rings (SSSR count). The Morgan fingerprint density at radius 3 is 2.15 bits per heavy atom. The van der Waals surface area contributed by atoms with Crippen molar-refractivity contribution >= 4 is 8.56 Å².